The van der Waals surface area contributed by atoms with Crippen LogP contribution in [0.3, 0.4) is 0 Å². The van der Waals surface area contributed by atoms with Gasteiger partial charge in [-0.3, -0.25) is 14.6 Å². The van der Waals surface area contributed by atoms with Gasteiger partial charge < -0.3 is 0 Å². The van der Waals surface area contributed by atoms with Gasteiger partial charge in [0, 0.05) is 23.2 Å². The molecule has 4 heterocycles. The zero-order chi connectivity index (χ0) is 19.3. The van der Waals surface area contributed by atoms with E-state index in [0.29, 0.717) is 21.0 Å². The molecule has 0 bridgehead atoms. The Morgan fingerprint density at radius 3 is 2.78 bits per heavy atom. The van der Waals surface area contributed by atoms with E-state index < -0.39 is 17.4 Å². The van der Waals surface area contributed by atoms with Crippen molar-refractivity contribution in [3.63, 3.8) is 0 Å². The number of aryl methyl sites for hydroxylation is 1. The predicted octanol–water partition coefficient (Wildman–Crippen LogP) is 3.37. The first-order chi connectivity index (χ1) is 12.7. The van der Waals surface area contributed by atoms with E-state index in [9.17, 15) is 18.0 Å². The molecule has 1 N–H and O–H groups in total. The van der Waals surface area contributed by atoms with E-state index in [1.54, 1.807) is 12.3 Å². The van der Waals surface area contributed by atoms with Crippen LogP contribution in [0.2, 0.25) is 5.15 Å². The molecular formula is C15H10ClF3N6OS. The van der Waals surface area contributed by atoms with Gasteiger partial charge in [-0.1, -0.05) is 11.6 Å². The first-order valence-electron chi connectivity index (χ1n) is 7.56. The van der Waals surface area contributed by atoms with Crippen molar-refractivity contribution in [2.24, 2.45) is 0 Å². The minimum Gasteiger partial charge on any atom is -0.276 e. The molecule has 0 atom stereocenters. The molecule has 0 aliphatic rings. The summed E-state index contributed by atoms with van der Waals surface area (Å²) in [6.45, 7) is 1.49. The Balaban J connectivity index is 1.81. The zero-order valence-corrected chi connectivity index (χ0v) is 15.2. The monoisotopic (exact) mass is 414 g/mol. The van der Waals surface area contributed by atoms with Gasteiger partial charge in [-0.25, -0.2) is 9.38 Å². The minimum atomic E-state index is -4.62. The number of fused-ring (bicyclic) bond motifs is 1. The lowest BCUT2D eigenvalue weighted by Gasteiger charge is -2.09. The summed E-state index contributed by atoms with van der Waals surface area (Å²) < 4.78 is 41.4. The molecule has 0 amide bonds. The highest BCUT2D eigenvalue weighted by atomic mass is 35.5. The maximum atomic E-state index is 13.1. The Hall–Kier alpha value is -2.66. The number of aromatic nitrogens is 6. The van der Waals surface area contributed by atoms with Crippen LogP contribution in [0.1, 0.15) is 16.3 Å². The first-order valence-corrected chi connectivity index (χ1v) is 8.76. The Morgan fingerprint density at radius 1 is 1.33 bits per heavy atom. The first kappa shape index (κ1) is 17.7. The van der Waals surface area contributed by atoms with Crippen LogP contribution < -0.4 is 5.56 Å². The van der Waals surface area contributed by atoms with Crippen molar-refractivity contribution in [1.29, 1.82) is 0 Å². The van der Waals surface area contributed by atoms with Gasteiger partial charge in [0.1, 0.15) is 5.69 Å². The molecule has 7 nitrogen and oxygen atoms in total. The number of nitrogens with one attached hydrogen (secondary N) is 1. The summed E-state index contributed by atoms with van der Waals surface area (Å²) in [4.78, 5) is 18.1. The van der Waals surface area contributed by atoms with Crippen molar-refractivity contribution in [3.05, 3.63) is 56.2 Å². The quantitative estimate of drug-likeness (QED) is 0.557. The Labute approximate surface area is 158 Å². The largest absolute Gasteiger partial charge is 0.433 e. The van der Waals surface area contributed by atoms with E-state index in [-0.39, 0.29) is 17.4 Å². The fourth-order valence-electron chi connectivity index (χ4n) is 2.79. The van der Waals surface area contributed by atoms with Crippen molar-refractivity contribution in [2.45, 2.75) is 19.6 Å². The molecule has 0 aliphatic heterocycles. The second kappa shape index (κ2) is 6.20. The maximum absolute atomic E-state index is 13.1. The lowest BCUT2D eigenvalue weighted by atomic mass is 10.3. The normalized spacial score (nSPS) is 12.2. The average Bonchev–Trinajstić information content (AvgIpc) is 3.25. The standard InChI is InChI=1S/C15H10ClF3N6OS/c1-7-13(9-2-3-20-22-9)25-12(26)4-8(21-14(25)27-7)6-24-10(15(17,18)19)5-11(16)23-24/h2-5H,6H2,1H3,(H,20,22). The number of hydrogen-bond donors (Lipinski definition) is 1. The fraction of sp³-hybridized carbons (Fsp3) is 0.200. The third-order valence-corrected chi connectivity index (χ3v) is 4.99. The van der Waals surface area contributed by atoms with E-state index in [1.807, 2.05) is 6.92 Å². The number of hydrogen-bond acceptors (Lipinski definition) is 5. The lowest BCUT2D eigenvalue weighted by molar-refractivity contribution is -0.144. The minimum absolute atomic E-state index is 0.155. The summed E-state index contributed by atoms with van der Waals surface area (Å²) in [6, 6.07) is 3.64. The highest BCUT2D eigenvalue weighted by Gasteiger charge is 2.35. The summed E-state index contributed by atoms with van der Waals surface area (Å²) in [5.41, 5.74) is 0.0109. The van der Waals surface area contributed by atoms with Crippen LogP contribution in [-0.2, 0) is 12.7 Å². The molecule has 140 valence electrons. The van der Waals surface area contributed by atoms with Gasteiger partial charge in [0.2, 0.25) is 0 Å². The fourth-order valence-corrected chi connectivity index (χ4v) is 3.99. The molecule has 0 aliphatic carbocycles. The molecule has 4 aromatic rings. The van der Waals surface area contributed by atoms with Gasteiger partial charge in [0.05, 0.1) is 23.6 Å². The van der Waals surface area contributed by atoms with Gasteiger partial charge in [-0.2, -0.15) is 23.4 Å². The van der Waals surface area contributed by atoms with Gasteiger partial charge in [0.25, 0.3) is 5.56 Å². The predicted molar refractivity (Wildman–Crippen MR) is 93.0 cm³/mol. The van der Waals surface area contributed by atoms with Crippen molar-refractivity contribution < 1.29 is 13.2 Å². The third kappa shape index (κ3) is 3.12. The summed E-state index contributed by atoms with van der Waals surface area (Å²) >= 11 is 6.88. The zero-order valence-electron chi connectivity index (χ0n) is 13.6. The summed E-state index contributed by atoms with van der Waals surface area (Å²) in [5, 5.41) is 10.0. The number of thiazole rings is 1. The van der Waals surface area contributed by atoms with E-state index in [1.165, 1.54) is 21.8 Å². The molecule has 0 spiro atoms. The average molecular weight is 415 g/mol. The summed E-state index contributed by atoms with van der Waals surface area (Å²) in [5.74, 6) is 0. The second-order valence-corrected chi connectivity index (χ2v) is 7.26. The maximum Gasteiger partial charge on any atom is 0.433 e. The van der Waals surface area contributed by atoms with Crippen LogP contribution in [0.5, 0.6) is 0 Å². The van der Waals surface area contributed by atoms with Crippen molar-refractivity contribution in [2.75, 3.05) is 0 Å². The molecule has 0 fully saturated rings. The van der Waals surface area contributed by atoms with Gasteiger partial charge in [-0.15, -0.1) is 11.3 Å². The molecule has 0 saturated heterocycles. The van der Waals surface area contributed by atoms with E-state index in [4.69, 9.17) is 11.6 Å². The Bertz CT molecular complexity index is 1190. The topological polar surface area (TPSA) is 80.9 Å². The Kier molecular flexibility index (Phi) is 4.07. The number of aromatic amines is 1. The second-order valence-electron chi connectivity index (χ2n) is 5.69. The SMILES string of the molecule is Cc1sc2nc(Cn3nc(Cl)cc3C(F)(F)F)cc(=O)n2c1-c1ccn[nH]1. The van der Waals surface area contributed by atoms with Crippen LogP contribution in [0.15, 0.2) is 29.2 Å². The number of alkyl halides is 3. The third-order valence-electron chi connectivity index (χ3n) is 3.85. The molecule has 12 heteroatoms. The summed E-state index contributed by atoms with van der Waals surface area (Å²) in [7, 11) is 0. The van der Waals surface area contributed by atoms with Crippen molar-refractivity contribution >= 4 is 27.9 Å². The Morgan fingerprint density at radius 2 is 2.11 bits per heavy atom. The number of nitrogens with zero attached hydrogens (tertiary/aromatic N) is 5. The van der Waals surface area contributed by atoms with Crippen molar-refractivity contribution in [1.82, 2.24) is 29.4 Å². The van der Waals surface area contributed by atoms with Crippen LogP contribution in [0.25, 0.3) is 16.3 Å². The van der Waals surface area contributed by atoms with Crippen LogP contribution in [0.4, 0.5) is 13.2 Å². The number of rotatable bonds is 3. The molecule has 4 rings (SSSR count). The number of H-pyrrole nitrogens is 1. The highest BCUT2D eigenvalue weighted by Crippen LogP contribution is 2.31. The van der Waals surface area contributed by atoms with Gasteiger partial charge in [0.15, 0.2) is 10.1 Å². The van der Waals surface area contributed by atoms with Gasteiger partial charge in [-0.05, 0) is 13.0 Å². The van der Waals surface area contributed by atoms with E-state index in [0.717, 1.165) is 10.9 Å². The van der Waals surface area contributed by atoms with Crippen LogP contribution in [0, 0.1) is 6.92 Å². The van der Waals surface area contributed by atoms with Crippen LogP contribution in [-0.4, -0.2) is 29.4 Å². The van der Waals surface area contributed by atoms with Crippen molar-refractivity contribution in [3.8, 4) is 11.4 Å². The van der Waals surface area contributed by atoms with E-state index >= 15 is 0 Å². The van der Waals surface area contributed by atoms with Crippen LogP contribution >= 0.6 is 22.9 Å². The molecule has 0 aromatic carbocycles. The highest BCUT2D eigenvalue weighted by molar-refractivity contribution is 7.17. The molecule has 0 unspecified atom stereocenters. The molecule has 27 heavy (non-hydrogen) atoms. The molecular weight excluding hydrogens is 405 g/mol. The van der Waals surface area contributed by atoms with E-state index in [2.05, 4.69) is 20.3 Å². The number of halogens is 4. The smallest absolute Gasteiger partial charge is 0.276 e. The summed E-state index contributed by atoms with van der Waals surface area (Å²) in [6.07, 6.45) is -3.06. The van der Waals surface area contributed by atoms with Gasteiger partial charge >= 0.3 is 6.18 Å². The molecule has 4 aromatic heterocycles. The lowest BCUT2D eigenvalue weighted by Crippen LogP contribution is -2.19. The molecule has 0 saturated carbocycles. The molecule has 0 radical (unpaired) electrons.